The zero-order valence-electron chi connectivity index (χ0n) is 16.1. The largest absolute Gasteiger partial charge is 0.486 e. The summed E-state index contributed by atoms with van der Waals surface area (Å²) in [6.07, 6.45) is 3.60. The summed E-state index contributed by atoms with van der Waals surface area (Å²) < 4.78 is 39.9. The van der Waals surface area contributed by atoms with Crippen molar-refractivity contribution in [2.75, 3.05) is 10.8 Å². The van der Waals surface area contributed by atoms with Gasteiger partial charge in [-0.05, 0) is 23.8 Å². The quantitative estimate of drug-likeness (QED) is 0.561. The van der Waals surface area contributed by atoms with Crippen molar-refractivity contribution in [3.8, 4) is 5.75 Å². The van der Waals surface area contributed by atoms with Crippen molar-refractivity contribution in [1.29, 1.82) is 0 Å². The highest BCUT2D eigenvalue weighted by Crippen LogP contribution is 2.36. The second-order valence-electron chi connectivity index (χ2n) is 6.83. The van der Waals surface area contributed by atoms with E-state index in [4.69, 9.17) is 9.47 Å². The van der Waals surface area contributed by atoms with Gasteiger partial charge in [0.2, 0.25) is 0 Å². The van der Waals surface area contributed by atoms with Crippen LogP contribution in [0.25, 0.3) is 0 Å². The lowest BCUT2D eigenvalue weighted by molar-refractivity contribution is 0.164. The Morgan fingerprint density at radius 3 is 2.63 bits per heavy atom. The number of hydrogen-bond acceptors (Lipinski definition) is 6. The van der Waals surface area contributed by atoms with Gasteiger partial charge in [-0.1, -0.05) is 42.5 Å². The molecule has 0 spiro atoms. The first-order valence-corrected chi connectivity index (χ1v) is 10.9. The molecular weight excluding hydrogens is 406 g/mol. The molecule has 0 aliphatic carbocycles. The number of anilines is 1. The van der Waals surface area contributed by atoms with Crippen molar-refractivity contribution in [2.45, 2.75) is 25.7 Å². The standard InChI is InChI=1S/C21H21N3O5S/c25-21(28-16-17-7-2-1-3-8-17)30(26,27)24-15-18(11-14-23-13-6-12-22-23)29-20-10-5-4-9-19(20)24/h1-10,12-13,18H,11,14-16H2/t18-/m0/s1. The van der Waals surface area contributed by atoms with Crippen LogP contribution in [0.5, 0.6) is 5.75 Å². The van der Waals surface area contributed by atoms with Crippen LogP contribution in [-0.4, -0.2) is 36.1 Å². The first-order chi connectivity index (χ1) is 14.5. The molecule has 1 aliphatic rings. The van der Waals surface area contributed by atoms with E-state index < -0.39 is 21.4 Å². The number of benzene rings is 2. The SMILES string of the molecule is O=C(OCc1ccccc1)S(=O)(=O)N1C[C@H](CCn2cccn2)Oc2ccccc21. The molecule has 0 bridgehead atoms. The average Bonchev–Trinajstić information content (AvgIpc) is 3.30. The predicted molar refractivity (Wildman–Crippen MR) is 111 cm³/mol. The first-order valence-electron chi connectivity index (χ1n) is 9.50. The van der Waals surface area contributed by atoms with E-state index in [9.17, 15) is 13.2 Å². The van der Waals surface area contributed by atoms with E-state index in [-0.39, 0.29) is 13.2 Å². The fraction of sp³-hybridized carbons (Fsp3) is 0.238. The number of rotatable bonds is 6. The molecule has 156 valence electrons. The summed E-state index contributed by atoms with van der Waals surface area (Å²) in [7, 11) is -4.38. The van der Waals surface area contributed by atoms with Crippen LogP contribution in [0.15, 0.2) is 73.1 Å². The van der Waals surface area contributed by atoms with Crippen molar-refractivity contribution in [3.05, 3.63) is 78.6 Å². The smallest absolute Gasteiger partial charge is 0.445 e. The molecule has 1 atom stereocenters. The van der Waals surface area contributed by atoms with Gasteiger partial charge < -0.3 is 9.47 Å². The molecule has 1 aromatic heterocycles. The van der Waals surface area contributed by atoms with Crippen LogP contribution in [0.2, 0.25) is 0 Å². The molecule has 2 aromatic carbocycles. The summed E-state index contributed by atoms with van der Waals surface area (Å²) in [4.78, 5) is 12.5. The molecule has 1 aliphatic heterocycles. The zero-order valence-corrected chi connectivity index (χ0v) is 16.9. The number of nitrogens with zero attached hydrogens (tertiary/aromatic N) is 3. The summed E-state index contributed by atoms with van der Waals surface area (Å²) in [6, 6.07) is 17.5. The van der Waals surface area contributed by atoms with Gasteiger partial charge in [0.25, 0.3) is 0 Å². The van der Waals surface area contributed by atoms with E-state index in [0.717, 1.165) is 4.31 Å². The van der Waals surface area contributed by atoms with Crippen LogP contribution in [0.1, 0.15) is 12.0 Å². The number of aromatic nitrogens is 2. The predicted octanol–water partition coefficient (Wildman–Crippen LogP) is 3.21. The highest BCUT2D eigenvalue weighted by Gasteiger charge is 2.39. The van der Waals surface area contributed by atoms with Gasteiger partial charge in [-0.3, -0.25) is 8.99 Å². The van der Waals surface area contributed by atoms with Crippen LogP contribution in [0, 0.1) is 0 Å². The second-order valence-corrected chi connectivity index (χ2v) is 8.55. The zero-order chi connectivity index (χ0) is 21.0. The Balaban J connectivity index is 1.51. The summed E-state index contributed by atoms with van der Waals surface area (Å²) in [5.41, 5.74) is 1.03. The van der Waals surface area contributed by atoms with Gasteiger partial charge >= 0.3 is 15.3 Å². The van der Waals surface area contributed by atoms with E-state index in [1.165, 1.54) is 0 Å². The summed E-state index contributed by atoms with van der Waals surface area (Å²) in [6.45, 7) is 0.459. The Kier molecular flexibility index (Phi) is 5.71. The minimum Gasteiger partial charge on any atom is -0.486 e. The number of carbonyl (C=O) groups is 1. The lowest BCUT2D eigenvalue weighted by atomic mass is 10.2. The molecular formula is C21H21N3O5S. The molecule has 3 aromatic rings. The number of ether oxygens (including phenoxy) is 2. The molecule has 0 radical (unpaired) electrons. The van der Waals surface area contributed by atoms with Crippen molar-refractivity contribution < 1.29 is 22.7 Å². The van der Waals surface area contributed by atoms with Crippen LogP contribution >= 0.6 is 0 Å². The Morgan fingerprint density at radius 1 is 1.10 bits per heavy atom. The van der Waals surface area contributed by atoms with E-state index >= 15 is 0 Å². The average molecular weight is 427 g/mol. The number of carbonyl (C=O) groups excluding carboxylic acids is 1. The molecule has 0 saturated carbocycles. The fourth-order valence-electron chi connectivity index (χ4n) is 3.23. The van der Waals surface area contributed by atoms with Crippen molar-refractivity contribution >= 4 is 21.0 Å². The molecule has 8 nitrogen and oxygen atoms in total. The van der Waals surface area contributed by atoms with E-state index in [0.29, 0.717) is 30.0 Å². The third kappa shape index (κ3) is 4.30. The van der Waals surface area contributed by atoms with Gasteiger partial charge in [0.15, 0.2) is 0 Å². The molecule has 2 heterocycles. The number of para-hydroxylation sites is 2. The molecule has 0 unspecified atom stereocenters. The molecule has 30 heavy (non-hydrogen) atoms. The van der Waals surface area contributed by atoms with Crippen LogP contribution in [-0.2, 0) is 27.9 Å². The Morgan fingerprint density at radius 2 is 1.87 bits per heavy atom. The normalized spacial score (nSPS) is 15.9. The second kappa shape index (κ2) is 8.58. The lowest BCUT2D eigenvalue weighted by Crippen LogP contribution is -2.46. The Hall–Kier alpha value is -3.33. The van der Waals surface area contributed by atoms with E-state index in [1.807, 2.05) is 18.3 Å². The van der Waals surface area contributed by atoms with Gasteiger partial charge in [-0.15, -0.1) is 0 Å². The maximum Gasteiger partial charge on any atom is 0.445 e. The van der Waals surface area contributed by atoms with Gasteiger partial charge in [0, 0.05) is 25.4 Å². The van der Waals surface area contributed by atoms with Crippen LogP contribution in [0.3, 0.4) is 0 Å². The summed E-state index contributed by atoms with van der Waals surface area (Å²) in [5.74, 6) is 0.411. The monoisotopic (exact) mass is 427 g/mol. The maximum atomic E-state index is 13.0. The number of hydrogen-bond donors (Lipinski definition) is 0. The molecule has 0 fully saturated rings. The fourth-order valence-corrected chi connectivity index (χ4v) is 4.39. The molecule has 0 saturated heterocycles. The van der Waals surface area contributed by atoms with Crippen molar-refractivity contribution in [1.82, 2.24) is 9.78 Å². The highest BCUT2D eigenvalue weighted by molar-refractivity contribution is 8.06. The van der Waals surface area contributed by atoms with E-state index in [1.54, 1.807) is 59.4 Å². The summed E-state index contributed by atoms with van der Waals surface area (Å²) in [5, 5.41) is 2.87. The minimum atomic E-state index is -4.38. The van der Waals surface area contributed by atoms with Crippen LogP contribution < -0.4 is 9.04 Å². The highest BCUT2D eigenvalue weighted by atomic mass is 32.2. The van der Waals surface area contributed by atoms with E-state index in [2.05, 4.69) is 5.10 Å². The Labute approximate surface area is 174 Å². The maximum absolute atomic E-state index is 13.0. The minimum absolute atomic E-state index is 0.0149. The summed E-state index contributed by atoms with van der Waals surface area (Å²) >= 11 is 0. The molecule has 4 rings (SSSR count). The van der Waals surface area contributed by atoms with Crippen molar-refractivity contribution in [2.24, 2.45) is 0 Å². The van der Waals surface area contributed by atoms with Crippen molar-refractivity contribution in [3.63, 3.8) is 0 Å². The van der Waals surface area contributed by atoms with Gasteiger partial charge in [-0.25, -0.2) is 4.79 Å². The van der Waals surface area contributed by atoms with Gasteiger partial charge in [0.1, 0.15) is 18.5 Å². The first kappa shape index (κ1) is 20.0. The number of aryl methyl sites for hydroxylation is 1. The third-order valence-corrected chi connectivity index (χ3v) is 6.20. The molecule has 0 N–H and O–H groups in total. The number of sulfonamides is 1. The third-order valence-electron chi connectivity index (χ3n) is 4.74. The van der Waals surface area contributed by atoms with Gasteiger partial charge in [0.05, 0.1) is 12.2 Å². The molecule has 0 amide bonds. The van der Waals surface area contributed by atoms with Crippen LogP contribution in [0.4, 0.5) is 10.5 Å². The topological polar surface area (TPSA) is 90.7 Å². The molecule has 9 heteroatoms. The number of fused-ring (bicyclic) bond motifs is 1. The Bertz CT molecular complexity index is 1100. The lowest BCUT2D eigenvalue weighted by Gasteiger charge is -2.34. The van der Waals surface area contributed by atoms with Gasteiger partial charge in [-0.2, -0.15) is 13.5 Å².